The SMILES string of the molecule is Cn1cc(CCS(=O)c2ccc(Br)cc2N)cn1. The van der Waals surface area contributed by atoms with Gasteiger partial charge in [0, 0.05) is 29.2 Å². The second-order valence-electron chi connectivity index (χ2n) is 4.00. The van der Waals surface area contributed by atoms with Crippen molar-refractivity contribution in [1.82, 2.24) is 9.78 Å². The summed E-state index contributed by atoms with van der Waals surface area (Å²) < 4.78 is 14.8. The van der Waals surface area contributed by atoms with Crippen LogP contribution < -0.4 is 5.73 Å². The van der Waals surface area contributed by atoms with Crippen molar-refractivity contribution in [1.29, 1.82) is 0 Å². The molecule has 0 aliphatic carbocycles. The number of hydrogen-bond acceptors (Lipinski definition) is 3. The van der Waals surface area contributed by atoms with E-state index >= 15 is 0 Å². The molecule has 0 spiro atoms. The van der Waals surface area contributed by atoms with Crippen molar-refractivity contribution in [3.05, 3.63) is 40.6 Å². The molecule has 1 unspecified atom stereocenters. The van der Waals surface area contributed by atoms with Gasteiger partial charge >= 0.3 is 0 Å². The summed E-state index contributed by atoms with van der Waals surface area (Å²) in [5.41, 5.74) is 7.50. The number of anilines is 1. The average molecular weight is 328 g/mol. The Morgan fingerprint density at radius 3 is 2.89 bits per heavy atom. The lowest BCUT2D eigenvalue weighted by atomic mass is 10.3. The van der Waals surface area contributed by atoms with E-state index in [-0.39, 0.29) is 0 Å². The average Bonchev–Trinajstić information content (AvgIpc) is 2.72. The van der Waals surface area contributed by atoms with E-state index in [9.17, 15) is 4.21 Å². The Bertz CT molecular complexity index is 582. The predicted molar refractivity (Wildman–Crippen MR) is 76.7 cm³/mol. The molecule has 4 nitrogen and oxygen atoms in total. The molecule has 1 aromatic carbocycles. The quantitative estimate of drug-likeness (QED) is 0.875. The molecule has 0 amide bonds. The van der Waals surface area contributed by atoms with Gasteiger partial charge in [-0.25, -0.2) is 0 Å². The van der Waals surface area contributed by atoms with Crippen LogP contribution >= 0.6 is 15.9 Å². The van der Waals surface area contributed by atoms with E-state index in [0.29, 0.717) is 16.3 Å². The Hall–Kier alpha value is -1.14. The summed E-state index contributed by atoms with van der Waals surface area (Å²) in [5, 5.41) is 4.08. The van der Waals surface area contributed by atoms with Crippen LogP contribution in [0.1, 0.15) is 5.56 Å². The molecule has 0 aliphatic heterocycles. The molecule has 1 heterocycles. The van der Waals surface area contributed by atoms with Crippen molar-refractivity contribution >= 4 is 32.4 Å². The monoisotopic (exact) mass is 327 g/mol. The fraction of sp³-hybridized carbons (Fsp3) is 0.250. The third-order valence-corrected chi connectivity index (χ3v) is 4.48. The maximum absolute atomic E-state index is 12.1. The molecule has 1 atom stereocenters. The van der Waals surface area contributed by atoms with E-state index in [4.69, 9.17) is 5.73 Å². The molecular weight excluding hydrogens is 314 g/mol. The number of aromatic nitrogens is 2. The first-order valence-electron chi connectivity index (χ1n) is 5.47. The number of nitrogen functional groups attached to an aromatic ring is 1. The summed E-state index contributed by atoms with van der Waals surface area (Å²) in [4.78, 5) is 0.696. The third kappa shape index (κ3) is 3.20. The van der Waals surface area contributed by atoms with Gasteiger partial charge in [-0.05, 0) is 30.2 Å². The minimum Gasteiger partial charge on any atom is -0.398 e. The van der Waals surface area contributed by atoms with E-state index in [2.05, 4.69) is 21.0 Å². The number of nitrogens with two attached hydrogens (primary N) is 1. The van der Waals surface area contributed by atoms with Crippen molar-refractivity contribution in [2.24, 2.45) is 7.05 Å². The Labute approximate surface area is 117 Å². The Morgan fingerprint density at radius 2 is 2.28 bits per heavy atom. The molecule has 0 aliphatic rings. The van der Waals surface area contributed by atoms with Crippen LogP contribution in [0.2, 0.25) is 0 Å². The van der Waals surface area contributed by atoms with E-state index < -0.39 is 10.8 Å². The largest absolute Gasteiger partial charge is 0.398 e. The van der Waals surface area contributed by atoms with Gasteiger partial charge in [-0.1, -0.05) is 15.9 Å². The highest BCUT2D eigenvalue weighted by atomic mass is 79.9. The van der Waals surface area contributed by atoms with Crippen LogP contribution in [0.3, 0.4) is 0 Å². The molecule has 2 N–H and O–H groups in total. The van der Waals surface area contributed by atoms with Crippen LogP contribution in [0.25, 0.3) is 0 Å². The summed E-state index contributed by atoms with van der Waals surface area (Å²) >= 11 is 3.33. The van der Waals surface area contributed by atoms with Crippen LogP contribution in [0.4, 0.5) is 5.69 Å². The molecule has 0 fully saturated rings. The first-order valence-corrected chi connectivity index (χ1v) is 7.58. The van der Waals surface area contributed by atoms with Crippen LogP contribution in [0.5, 0.6) is 0 Å². The number of rotatable bonds is 4. The van der Waals surface area contributed by atoms with Crippen molar-refractivity contribution in [3.63, 3.8) is 0 Å². The lowest BCUT2D eigenvalue weighted by Crippen LogP contribution is -2.04. The van der Waals surface area contributed by atoms with E-state index in [1.54, 1.807) is 23.0 Å². The van der Waals surface area contributed by atoms with Crippen molar-refractivity contribution < 1.29 is 4.21 Å². The topological polar surface area (TPSA) is 60.9 Å². The summed E-state index contributed by atoms with van der Waals surface area (Å²) in [6, 6.07) is 5.43. The van der Waals surface area contributed by atoms with E-state index in [1.807, 2.05) is 19.3 Å². The summed E-state index contributed by atoms with van der Waals surface area (Å²) in [5.74, 6) is 0.553. The minimum absolute atomic E-state index is 0.553. The molecule has 1 aromatic heterocycles. The number of hydrogen-bond donors (Lipinski definition) is 1. The Balaban J connectivity index is 2.03. The van der Waals surface area contributed by atoms with Crippen molar-refractivity contribution in [3.8, 4) is 0 Å². The normalized spacial score (nSPS) is 12.6. The summed E-state index contributed by atoms with van der Waals surface area (Å²) in [7, 11) is 0.791. The minimum atomic E-state index is -1.08. The van der Waals surface area contributed by atoms with E-state index in [0.717, 1.165) is 16.5 Å². The highest BCUT2D eigenvalue weighted by Crippen LogP contribution is 2.22. The van der Waals surface area contributed by atoms with Gasteiger partial charge in [0.25, 0.3) is 0 Å². The standard InChI is InChI=1S/C12H14BrN3OS/c1-16-8-9(7-15-16)4-5-18(17)12-3-2-10(13)6-11(12)14/h2-3,6-8H,4-5,14H2,1H3. The summed E-state index contributed by atoms with van der Waals surface area (Å²) in [6.45, 7) is 0. The van der Waals surface area contributed by atoms with Gasteiger partial charge in [-0.15, -0.1) is 0 Å². The predicted octanol–water partition coefficient (Wildman–Crippen LogP) is 2.12. The summed E-state index contributed by atoms with van der Waals surface area (Å²) in [6.07, 6.45) is 4.46. The molecule has 18 heavy (non-hydrogen) atoms. The van der Waals surface area contributed by atoms with Gasteiger partial charge in [-0.3, -0.25) is 8.89 Å². The van der Waals surface area contributed by atoms with Gasteiger partial charge in [-0.2, -0.15) is 5.10 Å². The fourth-order valence-corrected chi connectivity index (χ4v) is 3.21. The zero-order valence-corrected chi connectivity index (χ0v) is 12.4. The van der Waals surface area contributed by atoms with Gasteiger partial charge in [0.2, 0.25) is 0 Å². The molecule has 2 aromatic rings. The second-order valence-corrected chi connectivity index (χ2v) is 6.46. The molecule has 0 bridgehead atoms. The lowest BCUT2D eigenvalue weighted by Gasteiger charge is -2.05. The molecule has 96 valence electrons. The first kappa shape index (κ1) is 13.3. The molecule has 6 heteroatoms. The lowest BCUT2D eigenvalue weighted by molar-refractivity contribution is 0.682. The van der Waals surface area contributed by atoms with Crippen LogP contribution in [-0.4, -0.2) is 19.7 Å². The number of nitrogens with zero attached hydrogens (tertiary/aromatic N) is 2. The molecule has 2 rings (SSSR count). The maximum Gasteiger partial charge on any atom is 0.0618 e. The zero-order valence-electron chi connectivity index (χ0n) is 9.97. The van der Waals surface area contributed by atoms with E-state index in [1.165, 1.54) is 0 Å². The molecular formula is C12H14BrN3OS. The first-order chi connectivity index (χ1) is 8.56. The van der Waals surface area contributed by atoms with Gasteiger partial charge in [0.1, 0.15) is 0 Å². The smallest absolute Gasteiger partial charge is 0.0618 e. The highest BCUT2D eigenvalue weighted by molar-refractivity contribution is 9.10. The molecule has 0 saturated carbocycles. The second kappa shape index (κ2) is 5.67. The van der Waals surface area contributed by atoms with Crippen molar-refractivity contribution in [2.45, 2.75) is 11.3 Å². The Kier molecular flexibility index (Phi) is 4.19. The van der Waals surface area contributed by atoms with Crippen LogP contribution in [0.15, 0.2) is 40.0 Å². The van der Waals surface area contributed by atoms with Crippen LogP contribution in [-0.2, 0) is 24.3 Å². The third-order valence-electron chi connectivity index (χ3n) is 2.55. The van der Waals surface area contributed by atoms with Gasteiger partial charge < -0.3 is 5.73 Å². The fourth-order valence-electron chi connectivity index (χ4n) is 1.65. The molecule has 0 radical (unpaired) electrons. The zero-order chi connectivity index (χ0) is 13.1. The van der Waals surface area contributed by atoms with Gasteiger partial charge in [0.15, 0.2) is 0 Å². The van der Waals surface area contributed by atoms with Gasteiger partial charge in [0.05, 0.1) is 21.9 Å². The number of halogens is 1. The maximum atomic E-state index is 12.1. The number of aryl methyl sites for hydroxylation is 2. The Morgan fingerprint density at radius 1 is 1.50 bits per heavy atom. The van der Waals surface area contributed by atoms with Crippen molar-refractivity contribution in [2.75, 3.05) is 11.5 Å². The number of benzene rings is 1. The highest BCUT2D eigenvalue weighted by Gasteiger charge is 2.09. The molecule has 0 saturated heterocycles. The van der Waals surface area contributed by atoms with Crippen LogP contribution in [0, 0.1) is 0 Å².